The largest absolute Gasteiger partial charge is 0.494 e. The van der Waals surface area contributed by atoms with E-state index >= 15 is 0 Å². The lowest BCUT2D eigenvalue weighted by Crippen LogP contribution is -2.34. The summed E-state index contributed by atoms with van der Waals surface area (Å²) in [4.78, 5) is 12.0. The predicted molar refractivity (Wildman–Crippen MR) is 131 cm³/mol. The standard InChI is InChI=1S/C24H41NO8S/c1-20(25-23(26)33-24(2,3)4)21-11-9-12-22(19-21)31-16-8-6-7-13-29-14-10-15-30-17-18-32-34(5,27)28/h9,11-12,19-20H,6-8,10,13-18H2,1-5H3,(H,25,26)/t20-/m1/s1. The Bertz CT molecular complexity index is 807. The second kappa shape index (κ2) is 15.9. The summed E-state index contributed by atoms with van der Waals surface area (Å²) in [5.74, 6) is 0.772. The molecule has 10 heteroatoms. The van der Waals surface area contributed by atoms with Crippen LogP contribution in [-0.2, 0) is 28.5 Å². The van der Waals surface area contributed by atoms with Gasteiger partial charge in [-0.3, -0.25) is 4.18 Å². The van der Waals surface area contributed by atoms with Gasteiger partial charge >= 0.3 is 6.09 Å². The fourth-order valence-corrected chi connectivity index (χ4v) is 3.20. The number of unbranched alkanes of at least 4 members (excludes halogenated alkanes) is 2. The van der Waals surface area contributed by atoms with Crippen molar-refractivity contribution in [2.75, 3.05) is 45.9 Å². The average molecular weight is 504 g/mol. The van der Waals surface area contributed by atoms with E-state index in [1.807, 2.05) is 52.0 Å². The Morgan fingerprint density at radius 3 is 2.26 bits per heavy atom. The number of hydrogen-bond donors (Lipinski definition) is 1. The van der Waals surface area contributed by atoms with Gasteiger partial charge in [0.2, 0.25) is 0 Å². The molecule has 1 rings (SSSR count). The Labute approximate surface area is 204 Å². The first-order valence-corrected chi connectivity index (χ1v) is 13.5. The van der Waals surface area contributed by atoms with Gasteiger partial charge in [0.15, 0.2) is 0 Å². The summed E-state index contributed by atoms with van der Waals surface area (Å²) in [5.41, 5.74) is 0.413. The van der Waals surface area contributed by atoms with Crippen molar-refractivity contribution in [1.29, 1.82) is 0 Å². The smallest absolute Gasteiger partial charge is 0.408 e. The summed E-state index contributed by atoms with van der Waals surface area (Å²) >= 11 is 0. The van der Waals surface area contributed by atoms with E-state index in [0.717, 1.165) is 43.3 Å². The van der Waals surface area contributed by atoms with Crippen LogP contribution < -0.4 is 10.1 Å². The Morgan fingerprint density at radius 1 is 0.941 bits per heavy atom. The highest BCUT2D eigenvalue weighted by Crippen LogP contribution is 2.20. The number of nitrogens with one attached hydrogen (secondary N) is 1. The lowest BCUT2D eigenvalue weighted by Gasteiger charge is -2.22. The molecule has 0 bridgehead atoms. The van der Waals surface area contributed by atoms with Gasteiger partial charge in [0.05, 0.1) is 32.1 Å². The number of carbonyl (C=O) groups excluding carboxylic acids is 1. The molecule has 0 fully saturated rings. The number of amides is 1. The molecule has 196 valence electrons. The first kappa shape index (κ1) is 30.2. The Morgan fingerprint density at radius 2 is 1.59 bits per heavy atom. The number of benzene rings is 1. The van der Waals surface area contributed by atoms with Crippen LogP contribution in [0.5, 0.6) is 5.75 Å². The van der Waals surface area contributed by atoms with Crippen LogP contribution in [0, 0.1) is 0 Å². The van der Waals surface area contributed by atoms with Crippen LogP contribution in [0.1, 0.15) is 65.0 Å². The van der Waals surface area contributed by atoms with E-state index in [4.69, 9.17) is 18.9 Å². The number of carbonyl (C=O) groups is 1. The van der Waals surface area contributed by atoms with Crippen molar-refractivity contribution in [1.82, 2.24) is 5.32 Å². The second-order valence-corrected chi connectivity index (χ2v) is 10.6. The van der Waals surface area contributed by atoms with E-state index in [9.17, 15) is 13.2 Å². The van der Waals surface area contributed by atoms with Gasteiger partial charge in [0.1, 0.15) is 11.4 Å². The van der Waals surface area contributed by atoms with Crippen molar-refractivity contribution in [2.24, 2.45) is 0 Å². The lowest BCUT2D eigenvalue weighted by molar-refractivity contribution is 0.0507. The minimum Gasteiger partial charge on any atom is -0.494 e. The van der Waals surface area contributed by atoms with Crippen molar-refractivity contribution in [2.45, 2.75) is 65.0 Å². The average Bonchev–Trinajstić information content (AvgIpc) is 2.72. The number of rotatable bonds is 17. The second-order valence-electron chi connectivity index (χ2n) is 8.95. The molecule has 1 aromatic carbocycles. The minimum absolute atomic E-state index is 0.0358. The number of alkyl carbamates (subject to hydrolysis) is 1. The van der Waals surface area contributed by atoms with E-state index in [0.29, 0.717) is 26.4 Å². The first-order valence-electron chi connectivity index (χ1n) is 11.7. The van der Waals surface area contributed by atoms with Gasteiger partial charge in [-0.2, -0.15) is 8.42 Å². The Hall–Kier alpha value is -1.88. The van der Waals surface area contributed by atoms with Crippen molar-refractivity contribution < 1.29 is 36.3 Å². The maximum Gasteiger partial charge on any atom is 0.408 e. The molecule has 1 N–H and O–H groups in total. The molecule has 1 amide bonds. The molecule has 0 aromatic heterocycles. The summed E-state index contributed by atoms with van der Waals surface area (Å²) in [6.07, 6.45) is 4.18. The molecule has 0 saturated heterocycles. The molecule has 0 saturated carbocycles. The molecular formula is C24H41NO8S. The van der Waals surface area contributed by atoms with Crippen molar-refractivity contribution >= 4 is 16.2 Å². The van der Waals surface area contributed by atoms with Crippen LogP contribution in [0.4, 0.5) is 4.79 Å². The van der Waals surface area contributed by atoms with Crippen LogP contribution in [0.25, 0.3) is 0 Å². The first-order chi connectivity index (χ1) is 16.0. The number of ether oxygens (including phenoxy) is 4. The Kier molecular flexibility index (Phi) is 14.1. The summed E-state index contributed by atoms with van der Waals surface area (Å²) < 4.78 is 48.2. The van der Waals surface area contributed by atoms with E-state index in [1.165, 1.54) is 0 Å². The van der Waals surface area contributed by atoms with Gasteiger partial charge < -0.3 is 24.3 Å². The molecule has 9 nitrogen and oxygen atoms in total. The van der Waals surface area contributed by atoms with Gasteiger partial charge in [-0.05, 0) is 71.1 Å². The maximum atomic E-state index is 12.0. The molecule has 0 heterocycles. The molecule has 0 radical (unpaired) electrons. The van der Waals surface area contributed by atoms with Crippen LogP contribution in [0.2, 0.25) is 0 Å². The normalized spacial score (nSPS) is 12.9. The van der Waals surface area contributed by atoms with Gasteiger partial charge in [-0.25, -0.2) is 4.79 Å². The molecule has 0 aliphatic rings. The van der Waals surface area contributed by atoms with Crippen LogP contribution >= 0.6 is 0 Å². The van der Waals surface area contributed by atoms with E-state index in [2.05, 4.69) is 9.50 Å². The summed E-state index contributed by atoms with van der Waals surface area (Å²) in [5, 5.41) is 2.84. The highest BCUT2D eigenvalue weighted by molar-refractivity contribution is 7.85. The molecule has 0 aliphatic carbocycles. The van der Waals surface area contributed by atoms with Crippen molar-refractivity contribution in [3.05, 3.63) is 29.8 Å². The molecule has 0 unspecified atom stereocenters. The predicted octanol–water partition coefficient (Wildman–Crippen LogP) is 4.22. The van der Waals surface area contributed by atoms with Gasteiger partial charge in [0.25, 0.3) is 10.1 Å². The highest BCUT2D eigenvalue weighted by Gasteiger charge is 2.18. The third-order valence-electron chi connectivity index (χ3n) is 4.40. The molecular weight excluding hydrogens is 462 g/mol. The molecule has 0 spiro atoms. The van der Waals surface area contributed by atoms with Crippen LogP contribution in [0.15, 0.2) is 24.3 Å². The lowest BCUT2D eigenvalue weighted by atomic mass is 10.1. The van der Waals surface area contributed by atoms with Crippen LogP contribution in [-0.4, -0.2) is 66.0 Å². The van der Waals surface area contributed by atoms with Crippen molar-refractivity contribution in [3.63, 3.8) is 0 Å². The quantitative estimate of drug-likeness (QED) is 0.249. The van der Waals surface area contributed by atoms with Gasteiger partial charge in [0, 0.05) is 19.8 Å². The van der Waals surface area contributed by atoms with Gasteiger partial charge in [-0.15, -0.1) is 0 Å². The SMILES string of the molecule is C[C@@H](NC(=O)OC(C)(C)C)c1cccc(OCCCCCOCCCOCCOS(C)(=O)=O)c1. The summed E-state index contributed by atoms with van der Waals surface area (Å²) in [6.45, 7) is 10.1. The summed E-state index contributed by atoms with van der Waals surface area (Å²) in [6, 6.07) is 7.50. The molecule has 34 heavy (non-hydrogen) atoms. The fourth-order valence-electron chi connectivity index (χ4n) is 2.83. The van der Waals surface area contributed by atoms with E-state index < -0.39 is 21.8 Å². The van der Waals surface area contributed by atoms with Gasteiger partial charge in [-0.1, -0.05) is 12.1 Å². The molecule has 1 aromatic rings. The molecule has 0 aliphatic heterocycles. The molecule has 1 atom stereocenters. The highest BCUT2D eigenvalue weighted by atomic mass is 32.2. The third-order valence-corrected chi connectivity index (χ3v) is 4.99. The fraction of sp³-hybridized carbons (Fsp3) is 0.708. The minimum atomic E-state index is -3.40. The zero-order valence-electron chi connectivity index (χ0n) is 21.1. The summed E-state index contributed by atoms with van der Waals surface area (Å²) in [7, 11) is -3.40. The third kappa shape index (κ3) is 16.7. The zero-order chi connectivity index (χ0) is 25.5. The maximum absolute atomic E-state index is 12.0. The van der Waals surface area contributed by atoms with E-state index in [1.54, 1.807) is 0 Å². The Balaban J connectivity index is 2.07. The van der Waals surface area contributed by atoms with Crippen molar-refractivity contribution in [3.8, 4) is 5.75 Å². The topological polar surface area (TPSA) is 109 Å². The monoisotopic (exact) mass is 503 g/mol. The van der Waals surface area contributed by atoms with E-state index in [-0.39, 0.29) is 19.3 Å². The van der Waals surface area contributed by atoms with Crippen LogP contribution in [0.3, 0.4) is 0 Å². The number of hydrogen-bond acceptors (Lipinski definition) is 8. The zero-order valence-corrected chi connectivity index (χ0v) is 21.9.